The Labute approximate surface area is 114 Å². The number of ether oxygens (including phenoxy) is 1. The largest absolute Gasteiger partial charge is 0.372 e. The predicted octanol–water partition coefficient (Wildman–Crippen LogP) is 2.39. The summed E-state index contributed by atoms with van der Waals surface area (Å²) >= 11 is 0. The zero-order valence-corrected chi connectivity index (χ0v) is 12.1. The molecule has 0 spiro atoms. The Morgan fingerprint density at radius 1 is 1.53 bits per heavy atom. The fourth-order valence-corrected chi connectivity index (χ4v) is 2.34. The average Bonchev–Trinajstić information content (AvgIpc) is 2.67. The molecule has 9 heteroatoms. The van der Waals surface area contributed by atoms with Crippen molar-refractivity contribution in [1.82, 2.24) is 9.78 Å². The molecular formula is C10H15ClF2N2O3S. The normalized spacial score (nSPS) is 14.0. The standard InChI is InChI=1S/C10H15ClF2N2O3S/c1-3-7(2)18-6-8-9(19(11,16)17)4-15(14-8)5-10(12)13/h4,7,10H,3,5-6H2,1-2H3/t7-/m0/s1. The van der Waals surface area contributed by atoms with Crippen molar-refractivity contribution in [2.75, 3.05) is 0 Å². The molecule has 0 N–H and O–H groups in total. The summed E-state index contributed by atoms with van der Waals surface area (Å²) < 4.78 is 53.4. The average molecular weight is 317 g/mol. The van der Waals surface area contributed by atoms with Gasteiger partial charge in [-0.15, -0.1) is 0 Å². The Hall–Kier alpha value is -0.730. The van der Waals surface area contributed by atoms with Crippen molar-refractivity contribution in [2.45, 2.75) is 50.8 Å². The molecule has 0 saturated carbocycles. The molecule has 1 rings (SSSR count). The van der Waals surface area contributed by atoms with Crippen LogP contribution in [0.4, 0.5) is 8.78 Å². The van der Waals surface area contributed by atoms with E-state index in [1.165, 1.54) is 0 Å². The van der Waals surface area contributed by atoms with Gasteiger partial charge in [0.25, 0.3) is 15.5 Å². The van der Waals surface area contributed by atoms with E-state index in [1.54, 1.807) is 0 Å². The first-order chi connectivity index (χ1) is 8.74. The molecule has 110 valence electrons. The molecule has 0 fully saturated rings. The molecule has 19 heavy (non-hydrogen) atoms. The number of alkyl halides is 2. The van der Waals surface area contributed by atoms with Gasteiger partial charge in [0, 0.05) is 16.9 Å². The van der Waals surface area contributed by atoms with E-state index >= 15 is 0 Å². The van der Waals surface area contributed by atoms with Gasteiger partial charge in [-0.25, -0.2) is 17.2 Å². The molecule has 0 aliphatic carbocycles. The van der Waals surface area contributed by atoms with Crippen molar-refractivity contribution < 1.29 is 21.9 Å². The maximum atomic E-state index is 12.3. The molecule has 0 unspecified atom stereocenters. The van der Waals surface area contributed by atoms with E-state index in [9.17, 15) is 17.2 Å². The molecular weight excluding hydrogens is 302 g/mol. The van der Waals surface area contributed by atoms with E-state index < -0.39 is 22.0 Å². The predicted molar refractivity (Wildman–Crippen MR) is 65.8 cm³/mol. The maximum Gasteiger partial charge on any atom is 0.264 e. The van der Waals surface area contributed by atoms with Crippen LogP contribution in [-0.4, -0.2) is 30.7 Å². The van der Waals surface area contributed by atoms with Crippen molar-refractivity contribution >= 4 is 19.7 Å². The summed E-state index contributed by atoms with van der Waals surface area (Å²) in [6, 6.07) is 0. The van der Waals surface area contributed by atoms with Gasteiger partial charge in [0.15, 0.2) is 0 Å². The highest BCUT2D eigenvalue weighted by atomic mass is 35.7. The molecule has 1 aromatic rings. The van der Waals surface area contributed by atoms with Gasteiger partial charge in [-0.3, -0.25) is 4.68 Å². The molecule has 5 nitrogen and oxygen atoms in total. The van der Waals surface area contributed by atoms with Crippen LogP contribution in [0.25, 0.3) is 0 Å². The van der Waals surface area contributed by atoms with Crippen LogP contribution in [0.15, 0.2) is 11.1 Å². The second kappa shape index (κ2) is 6.62. The summed E-state index contributed by atoms with van der Waals surface area (Å²) in [6.45, 7) is 2.93. The lowest BCUT2D eigenvalue weighted by Gasteiger charge is -2.09. The smallest absolute Gasteiger partial charge is 0.264 e. The van der Waals surface area contributed by atoms with Crippen LogP contribution in [0.1, 0.15) is 26.0 Å². The summed E-state index contributed by atoms with van der Waals surface area (Å²) in [6.07, 6.45) is -0.995. The molecule has 1 atom stereocenters. The Morgan fingerprint density at radius 3 is 2.63 bits per heavy atom. The first-order valence-electron chi connectivity index (χ1n) is 5.64. The Kier molecular flexibility index (Phi) is 5.69. The molecule has 0 aromatic carbocycles. The topological polar surface area (TPSA) is 61.2 Å². The van der Waals surface area contributed by atoms with Gasteiger partial charge in [0.05, 0.1) is 12.7 Å². The summed E-state index contributed by atoms with van der Waals surface area (Å²) in [7, 11) is 1.20. The lowest BCUT2D eigenvalue weighted by Crippen LogP contribution is -2.09. The first-order valence-corrected chi connectivity index (χ1v) is 7.95. The van der Waals surface area contributed by atoms with Crippen LogP contribution in [0.5, 0.6) is 0 Å². The summed E-state index contributed by atoms with van der Waals surface area (Å²) in [5.41, 5.74) is 0.0379. The fraction of sp³-hybridized carbons (Fsp3) is 0.700. The molecule has 0 aliphatic rings. The van der Waals surface area contributed by atoms with Crippen LogP contribution in [0.3, 0.4) is 0 Å². The van der Waals surface area contributed by atoms with Gasteiger partial charge in [0.2, 0.25) is 0 Å². The van der Waals surface area contributed by atoms with Crippen molar-refractivity contribution in [3.8, 4) is 0 Å². The lowest BCUT2D eigenvalue weighted by molar-refractivity contribution is 0.0470. The second-order valence-corrected chi connectivity index (χ2v) is 6.56. The number of rotatable bonds is 7. The SMILES string of the molecule is CC[C@H](C)OCc1nn(CC(F)F)cc1S(=O)(=O)Cl. The zero-order valence-electron chi connectivity index (χ0n) is 10.5. The van der Waals surface area contributed by atoms with E-state index in [0.29, 0.717) is 0 Å². The quantitative estimate of drug-likeness (QED) is 0.725. The highest BCUT2D eigenvalue weighted by Gasteiger charge is 2.22. The maximum absolute atomic E-state index is 12.3. The van der Waals surface area contributed by atoms with E-state index in [2.05, 4.69) is 5.10 Å². The Morgan fingerprint density at radius 2 is 2.16 bits per heavy atom. The van der Waals surface area contributed by atoms with Crippen LogP contribution >= 0.6 is 10.7 Å². The fourth-order valence-electron chi connectivity index (χ4n) is 1.32. The number of aromatic nitrogens is 2. The summed E-state index contributed by atoms with van der Waals surface area (Å²) in [5, 5.41) is 3.77. The molecule has 1 heterocycles. The third-order valence-electron chi connectivity index (χ3n) is 2.47. The second-order valence-electron chi connectivity index (χ2n) is 4.02. The van der Waals surface area contributed by atoms with Crippen molar-refractivity contribution in [3.63, 3.8) is 0 Å². The number of hydrogen-bond donors (Lipinski definition) is 0. The van der Waals surface area contributed by atoms with Gasteiger partial charge >= 0.3 is 0 Å². The minimum Gasteiger partial charge on any atom is -0.372 e. The molecule has 0 saturated heterocycles. The van der Waals surface area contributed by atoms with E-state index in [4.69, 9.17) is 15.4 Å². The van der Waals surface area contributed by atoms with Crippen molar-refractivity contribution in [2.24, 2.45) is 0 Å². The summed E-state index contributed by atoms with van der Waals surface area (Å²) in [4.78, 5) is -0.293. The Balaban J connectivity index is 2.96. The molecule has 0 amide bonds. The van der Waals surface area contributed by atoms with Gasteiger partial charge in [0.1, 0.15) is 17.1 Å². The van der Waals surface area contributed by atoms with Gasteiger partial charge < -0.3 is 4.74 Å². The minimum atomic E-state index is -4.04. The van der Waals surface area contributed by atoms with Crippen molar-refractivity contribution in [1.29, 1.82) is 0 Å². The monoisotopic (exact) mass is 316 g/mol. The Bertz CT molecular complexity index is 519. The van der Waals surface area contributed by atoms with Crippen LogP contribution in [-0.2, 0) is 26.9 Å². The van der Waals surface area contributed by atoms with E-state index in [1.807, 2.05) is 13.8 Å². The van der Waals surface area contributed by atoms with Crippen LogP contribution in [0, 0.1) is 0 Å². The van der Waals surface area contributed by atoms with Gasteiger partial charge in [-0.05, 0) is 13.3 Å². The molecule has 0 radical (unpaired) electrons. The number of hydrogen-bond acceptors (Lipinski definition) is 4. The van der Waals surface area contributed by atoms with Crippen molar-refractivity contribution in [3.05, 3.63) is 11.9 Å². The van der Waals surface area contributed by atoms with E-state index in [-0.39, 0.29) is 23.3 Å². The van der Waals surface area contributed by atoms with E-state index in [0.717, 1.165) is 17.3 Å². The van der Waals surface area contributed by atoms with Crippen LogP contribution in [0.2, 0.25) is 0 Å². The lowest BCUT2D eigenvalue weighted by atomic mass is 10.3. The van der Waals surface area contributed by atoms with Crippen LogP contribution < -0.4 is 0 Å². The van der Waals surface area contributed by atoms with Gasteiger partial charge in [-0.2, -0.15) is 5.10 Å². The molecule has 0 aliphatic heterocycles. The first kappa shape index (κ1) is 16.3. The highest BCUT2D eigenvalue weighted by molar-refractivity contribution is 8.13. The third-order valence-corrected chi connectivity index (χ3v) is 3.83. The summed E-state index contributed by atoms with van der Waals surface area (Å²) in [5.74, 6) is 0. The third kappa shape index (κ3) is 5.04. The minimum absolute atomic E-state index is 0.0379. The molecule has 1 aromatic heterocycles. The number of halogens is 3. The highest BCUT2D eigenvalue weighted by Crippen LogP contribution is 2.21. The molecule has 0 bridgehead atoms. The van der Waals surface area contributed by atoms with Gasteiger partial charge in [-0.1, -0.05) is 6.92 Å². The zero-order chi connectivity index (χ0) is 14.6. The number of nitrogens with zero attached hydrogens (tertiary/aromatic N) is 2.